The van der Waals surface area contributed by atoms with Crippen molar-refractivity contribution >= 4 is 53.6 Å². The molecule has 0 saturated carbocycles. The van der Waals surface area contributed by atoms with E-state index in [-0.39, 0.29) is 32.6 Å². The number of hydroxylamine groups is 1. The Morgan fingerprint density at radius 1 is 0.684 bits per heavy atom. The van der Waals surface area contributed by atoms with Crippen LogP contribution in [-0.2, 0) is 59.2 Å². The van der Waals surface area contributed by atoms with Gasteiger partial charge in [0.05, 0.1) is 39.4 Å². The summed E-state index contributed by atoms with van der Waals surface area (Å²) < 4.78 is 15.3. The number of hydrogen-bond donors (Lipinski definition) is 9. The zero-order chi connectivity index (χ0) is 43.0. The first-order chi connectivity index (χ1) is 26.7. The van der Waals surface area contributed by atoms with Crippen LogP contribution in [0.15, 0.2) is 30.3 Å². The van der Waals surface area contributed by atoms with E-state index in [4.69, 9.17) is 19.0 Å². The fraction of sp³-hybridized carbons (Fsp3) is 0.571. The zero-order valence-corrected chi connectivity index (χ0v) is 32.9. The van der Waals surface area contributed by atoms with Crippen LogP contribution in [0.2, 0.25) is 0 Å². The Balaban J connectivity index is 2.19. The minimum atomic E-state index is -1.60. The van der Waals surface area contributed by atoms with Gasteiger partial charge in [-0.1, -0.05) is 30.3 Å². The molecule has 1 rings (SSSR count). The van der Waals surface area contributed by atoms with Crippen LogP contribution in [0.4, 0.5) is 9.59 Å². The van der Waals surface area contributed by atoms with Gasteiger partial charge < -0.3 is 56.5 Å². The number of hydrogen-bond acceptors (Lipinski definition) is 14. The van der Waals surface area contributed by atoms with Crippen molar-refractivity contribution in [3.8, 4) is 0 Å². The third-order valence-electron chi connectivity index (χ3n) is 6.90. The van der Waals surface area contributed by atoms with Crippen molar-refractivity contribution in [3.63, 3.8) is 0 Å². The van der Waals surface area contributed by atoms with Gasteiger partial charge in [0.25, 0.3) is 0 Å². The first kappa shape index (κ1) is 49.0. The number of alkyl carbamates (subject to hydrolysis) is 1. The second-order valence-electron chi connectivity index (χ2n) is 13.7. The fourth-order valence-electron chi connectivity index (χ4n) is 3.97. The molecule has 8 amide bonds. The van der Waals surface area contributed by atoms with Crippen LogP contribution in [0.3, 0.4) is 0 Å². The van der Waals surface area contributed by atoms with Crippen molar-refractivity contribution in [1.82, 2.24) is 42.7 Å². The molecule has 0 unspecified atom stereocenters. The predicted octanol–water partition coefficient (Wildman–Crippen LogP) is -2.08. The summed E-state index contributed by atoms with van der Waals surface area (Å²) >= 11 is 0. The van der Waals surface area contributed by atoms with Crippen molar-refractivity contribution < 1.29 is 67.3 Å². The van der Waals surface area contributed by atoms with Crippen LogP contribution >= 0.6 is 0 Å². The lowest BCUT2D eigenvalue weighted by molar-refractivity contribution is -0.174. The molecular weight excluding hydrogens is 756 g/mol. The van der Waals surface area contributed by atoms with Crippen molar-refractivity contribution in [1.29, 1.82) is 0 Å². The van der Waals surface area contributed by atoms with Gasteiger partial charge in [0, 0.05) is 19.0 Å². The number of carbonyl (C=O) groups is 9. The van der Waals surface area contributed by atoms with Gasteiger partial charge in [0.2, 0.25) is 41.0 Å². The van der Waals surface area contributed by atoms with Crippen LogP contribution < -0.4 is 42.7 Å². The highest BCUT2D eigenvalue weighted by Crippen LogP contribution is 2.17. The van der Waals surface area contributed by atoms with Crippen molar-refractivity contribution in [2.45, 2.75) is 84.3 Å². The number of aliphatic hydroxyl groups excluding tert-OH is 1. The minimum absolute atomic E-state index is 0.0753. The number of ether oxygens (including phenoxy) is 3. The van der Waals surface area contributed by atoms with Gasteiger partial charge >= 0.3 is 18.2 Å². The Kier molecular flexibility index (Phi) is 21.7. The zero-order valence-electron chi connectivity index (χ0n) is 32.9. The molecule has 0 fully saturated rings. The molecule has 0 radical (unpaired) electrons. The normalized spacial score (nSPS) is 12.0. The van der Waals surface area contributed by atoms with Gasteiger partial charge in [-0.25, -0.2) is 14.4 Å². The molecule has 1 aromatic carbocycles. The third kappa shape index (κ3) is 23.5. The van der Waals surface area contributed by atoms with E-state index in [0.29, 0.717) is 0 Å². The average molecular weight is 811 g/mol. The molecule has 22 heteroatoms. The van der Waals surface area contributed by atoms with Gasteiger partial charge in [0.15, 0.2) is 0 Å². The summed E-state index contributed by atoms with van der Waals surface area (Å²) in [7, 11) is 0. The van der Waals surface area contributed by atoms with E-state index in [9.17, 15) is 48.3 Å². The maximum Gasteiger partial charge on any atom is 0.432 e. The van der Waals surface area contributed by atoms with Gasteiger partial charge in [-0.3, -0.25) is 33.6 Å². The molecule has 1 aromatic rings. The summed E-state index contributed by atoms with van der Waals surface area (Å²) in [6.07, 6.45) is -1.63. The van der Waals surface area contributed by atoms with E-state index in [0.717, 1.165) is 5.56 Å². The van der Waals surface area contributed by atoms with E-state index in [1.807, 2.05) is 23.7 Å². The Hall–Kier alpha value is -6.03. The molecule has 0 spiro atoms. The predicted molar refractivity (Wildman–Crippen MR) is 198 cm³/mol. The molecular formula is C35H54N8O14. The van der Waals surface area contributed by atoms with Crippen LogP contribution in [0, 0.1) is 0 Å². The number of esters is 1. The molecule has 0 saturated heterocycles. The molecule has 0 heterocycles. The Morgan fingerprint density at radius 3 is 1.77 bits per heavy atom. The largest absolute Gasteiger partial charge is 0.457 e. The van der Waals surface area contributed by atoms with Gasteiger partial charge in [-0.05, 0) is 53.5 Å². The topological polar surface area (TPSA) is 307 Å². The summed E-state index contributed by atoms with van der Waals surface area (Å²) in [5.74, 6) is -5.13. The molecule has 0 aliphatic rings. The van der Waals surface area contributed by atoms with E-state index in [2.05, 4.69) is 37.2 Å². The van der Waals surface area contributed by atoms with Crippen LogP contribution in [-0.4, -0.2) is 128 Å². The Bertz CT molecular complexity index is 1530. The minimum Gasteiger partial charge on any atom is -0.457 e. The van der Waals surface area contributed by atoms with E-state index in [1.165, 1.54) is 13.8 Å². The molecule has 22 nitrogen and oxygen atoms in total. The van der Waals surface area contributed by atoms with E-state index in [1.54, 1.807) is 39.8 Å². The van der Waals surface area contributed by atoms with Crippen molar-refractivity contribution in [3.05, 3.63) is 35.9 Å². The van der Waals surface area contributed by atoms with Crippen molar-refractivity contribution in [2.24, 2.45) is 0 Å². The lowest BCUT2D eigenvalue weighted by atomic mass is 10.1. The Morgan fingerprint density at radius 2 is 1.23 bits per heavy atom. The molecule has 0 bridgehead atoms. The number of carbonyl (C=O) groups excluding carboxylic acids is 9. The molecule has 9 N–H and O–H groups in total. The van der Waals surface area contributed by atoms with Crippen LogP contribution in [0.25, 0.3) is 0 Å². The molecule has 0 aliphatic carbocycles. The molecule has 2 atom stereocenters. The highest BCUT2D eigenvalue weighted by atomic mass is 16.7. The fourth-order valence-corrected chi connectivity index (χ4v) is 3.97. The second-order valence-corrected chi connectivity index (χ2v) is 13.7. The standard InChI is InChI=1S/C35H54N8O14/c1-22(41-32(52)54-21-23-10-8-7-9-11-23)12-13-25(45)42-24(20-44)30(50)40-19-29(49)39-18-28(48)38-17-27(47)37-16-26(46)36-14-15-55-43-33(53)57-35(5,6)31(51)56-34(2,3)4/h7-11,22,24,44H,12-21H2,1-6H3,(H,36,46)(H,37,47)(H,38,48)(H,39,49)(H,40,50)(H,41,52)(H,42,45)(H,43,53)/t22-,24-/m0/s1. The summed E-state index contributed by atoms with van der Waals surface area (Å²) in [4.78, 5) is 114. The molecule has 0 aromatic heterocycles. The maximum absolute atomic E-state index is 12.4. The van der Waals surface area contributed by atoms with E-state index < -0.39 is 110 Å². The van der Waals surface area contributed by atoms with Crippen LogP contribution in [0.5, 0.6) is 0 Å². The van der Waals surface area contributed by atoms with Gasteiger partial charge in [0.1, 0.15) is 18.2 Å². The number of nitrogens with one attached hydrogen (secondary N) is 8. The van der Waals surface area contributed by atoms with Crippen molar-refractivity contribution in [2.75, 3.05) is 45.9 Å². The third-order valence-corrected chi connectivity index (χ3v) is 6.90. The average Bonchev–Trinajstić information content (AvgIpc) is 3.14. The Labute approximate surface area is 329 Å². The summed E-state index contributed by atoms with van der Waals surface area (Å²) in [6.45, 7) is 6.21. The SMILES string of the molecule is C[C@@H](CCC(=O)N[C@@H](CO)C(=O)NCC(=O)NCC(=O)NCC(=O)NCC(=O)NCCONC(=O)OC(C)(C)C(=O)OC(C)(C)C)NC(=O)OCc1ccccc1. The monoisotopic (exact) mass is 810 g/mol. The van der Waals surface area contributed by atoms with Crippen LogP contribution in [0.1, 0.15) is 59.9 Å². The first-order valence-corrected chi connectivity index (χ1v) is 17.8. The quantitative estimate of drug-likeness (QED) is 0.0248. The molecule has 57 heavy (non-hydrogen) atoms. The summed E-state index contributed by atoms with van der Waals surface area (Å²) in [5.41, 5.74) is 0.377. The highest BCUT2D eigenvalue weighted by Gasteiger charge is 2.36. The smallest absolute Gasteiger partial charge is 0.432 e. The lowest BCUT2D eigenvalue weighted by Crippen LogP contribution is -2.51. The van der Waals surface area contributed by atoms with Gasteiger partial charge in [-0.2, -0.15) is 5.48 Å². The number of benzene rings is 1. The number of aliphatic hydroxyl groups is 1. The number of amides is 8. The molecule has 318 valence electrons. The first-order valence-electron chi connectivity index (χ1n) is 17.8. The van der Waals surface area contributed by atoms with E-state index >= 15 is 0 Å². The molecule has 0 aliphatic heterocycles. The summed E-state index contributed by atoms with van der Waals surface area (Å²) in [5, 5.41) is 25.8. The summed E-state index contributed by atoms with van der Waals surface area (Å²) in [6, 6.07) is 7.23. The lowest BCUT2D eigenvalue weighted by Gasteiger charge is -2.28. The van der Waals surface area contributed by atoms with Gasteiger partial charge in [-0.15, -0.1) is 0 Å². The second kappa shape index (κ2) is 25.2. The highest BCUT2D eigenvalue weighted by molar-refractivity contribution is 5.92. The maximum atomic E-state index is 12.4. The number of rotatable bonds is 23.